The molecule has 0 N–H and O–H groups in total. The maximum absolute atomic E-state index is 13.7. The van der Waals surface area contributed by atoms with Crippen LogP contribution < -0.4 is 0 Å². The van der Waals surface area contributed by atoms with Crippen molar-refractivity contribution in [3.63, 3.8) is 0 Å². The van der Waals surface area contributed by atoms with E-state index in [4.69, 9.17) is 0 Å². The molecule has 0 spiro atoms. The molecular formula is C24H36Br2N2O2. The lowest BCUT2D eigenvalue weighted by molar-refractivity contribution is -0.181. The second-order valence-electron chi connectivity index (χ2n) is 12.3. The van der Waals surface area contributed by atoms with E-state index in [2.05, 4.69) is 83.2 Å². The molecule has 0 aromatic rings. The molecule has 6 unspecified atom stereocenters. The first-order valence-corrected chi connectivity index (χ1v) is 13.5. The topological polar surface area (TPSA) is 40.6 Å². The van der Waals surface area contributed by atoms with E-state index in [0.29, 0.717) is 38.0 Å². The number of fused-ring (bicyclic) bond motifs is 2. The van der Waals surface area contributed by atoms with Crippen LogP contribution in [0.5, 0.6) is 0 Å². The Morgan fingerprint density at radius 2 is 0.933 bits per heavy atom. The lowest BCUT2D eigenvalue weighted by Gasteiger charge is -2.65. The van der Waals surface area contributed by atoms with Crippen molar-refractivity contribution in [2.75, 3.05) is 26.2 Å². The summed E-state index contributed by atoms with van der Waals surface area (Å²) in [5.74, 6) is 0.621. The predicted octanol–water partition coefficient (Wildman–Crippen LogP) is 4.84. The van der Waals surface area contributed by atoms with Crippen LogP contribution >= 0.6 is 31.9 Å². The van der Waals surface area contributed by atoms with Gasteiger partial charge in [0.1, 0.15) is 0 Å². The molecule has 6 heteroatoms. The Kier molecular flexibility index (Phi) is 4.25. The van der Waals surface area contributed by atoms with Crippen molar-refractivity contribution in [3.05, 3.63) is 0 Å². The van der Waals surface area contributed by atoms with Crippen LogP contribution in [0.25, 0.3) is 0 Å². The van der Waals surface area contributed by atoms with E-state index in [9.17, 15) is 9.59 Å². The summed E-state index contributed by atoms with van der Waals surface area (Å²) in [4.78, 5) is 32.1. The third-order valence-electron chi connectivity index (χ3n) is 11.8. The number of amides is 2. The maximum atomic E-state index is 13.7. The Morgan fingerprint density at radius 1 is 0.633 bits per heavy atom. The molecule has 0 radical (unpaired) electrons. The highest BCUT2D eigenvalue weighted by Gasteiger charge is 2.81. The Bertz CT molecular complexity index is 767. The first kappa shape index (κ1) is 21.7. The molecule has 7 aliphatic rings. The summed E-state index contributed by atoms with van der Waals surface area (Å²) in [5, 5.41) is 0. The minimum absolute atomic E-state index is 0.0185. The molecule has 0 aromatic heterocycles. The zero-order valence-corrected chi connectivity index (χ0v) is 22.5. The molecule has 1 saturated heterocycles. The first-order chi connectivity index (χ1) is 13.8. The highest BCUT2D eigenvalue weighted by molar-refractivity contribution is 9.09. The smallest absolute Gasteiger partial charge is 0.230 e. The van der Waals surface area contributed by atoms with Crippen molar-refractivity contribution in [2.24, 2.45) is 32.5 Å². The lowest BCUT2D eigenvalue weighted by atomic mass is 9.43. The summed E-state index contributed by atoms with van der Waals surface area (Å²) in [6.07, 6.45) is 4.18. The Morgan fingerprint density at radius 3 is 1.13 bits per heavy atom. The van der Waals surface area contributed by atoms with E-state index in [1.165, 1.54) is 0 Å². The molecule has 168 valence electrons. The third-order valence-corrected chi connectivity index (χ3v) is 15.3. The molecule has 6 atom stereocenters. The summed E-state index contributed by atoms with van der Waals surface area (Å²) >= 11 is 7.82. The van der Waals surface area contributed by atoms with Crippen molar-refractivity contribution in [1.82, 2.24) is 9.80 Å². The fourth-order valence-corrected chi connectivity index (χ4v) is 12.1. The van der Waals surface area contributed by atoms with Crippen molar-refractivity contribution in [3.8, 4) is 0 Å². The number of alkyl halides is 2. The molecule has 0 aromatic carbocycles. The second kappa shape index (κ2) is 5.87. The van der Waals surface area contributed by atoms with Crippen molar-refractivity contribution in [2.45, 2.75) is 76.9 Å². The number of carbonyl (C=O) groups excluding carboxylic acids is 2. The van der Waals surface area contributed by atoms with E-state index in [-0.39, 0.29) is 42.1 Å². The van der Waals surface area contributed by atoms with Gasteiger partial charge >= 0.3 is 0 Å². The van der Waals surface area contributed by atoms with E-state index in [1.807, 2.05) is 0 Å². The minimum Gasteiger partial charge on any atom is -0.339 e. The number of carbonyl (C=O) groups is 2. The van der Waals surface area contributed by atoms with Crippen LogP contribution in [0.15, 0.2) is 0 Å². The van der Waals surface area contributed by atoms with Gasteiger partial charge in [-0.25, -0.2) is 0 Å². The van der Waals surface area contributed by atoms with E-state index >= 15 is 0 Å². The zero-order chi connectivity index (χ0) is 22.1. The van der Waals surface area contributed by atoms with Crippen LogP contribution in [0.2, 0.25) is 0 Å². The molecule has 2 amide bonds. The van der Waals surface area contributed by atoms with Gasteiger partial charge in [0, 0.05) is 35.8 Å². The molecule has 7 rings (SSSR count). The van der Waals surface area contributed by atoms with Gasteiger partial charge in [-0.1, -0.05) is 73.4 Å². The standard InChI is InChI=1S/C24H36Br2N2O2/c1-19(2)21(5)7-9-23(19,15(21)25)17(29)27-11-13-28(14-12-27)18(30)24-10-8-22(6,16(24)26)20(24,3)4/h15-16H,7-14H2,1-6H3. The van der Waals surface area contributed by atoms with Gasteiger partial charge < -0.3 is 9.80 Å². The zero-order valence-electron chi connectivity index (χ0n) is 19.3. The Hall–Kier alpha value is -0.100. The first-order valence-electron chi connectivity index (χ1n) is 11.6. The van der Waals surface area contributed by atoms with Gasteiger partial charge in [0.25, 0.3) is 0 Å². The number of hydrogen-bond acceptors (Lipinski definition) is 2. The molecule has 7 fully saturated rings. The molecule has 6 aliphatic carbocycles. The number of hydrogen-bond donors (Lipinski definition) is 0. The summed E-state index contributed by atoms with van der Waals surface area (Å²) in [5.41, 5.74) is -0.117. The van der Waals surface area contributed by atoms with Crippen molar-refractivity contribution < 1.29 is 9.59 Å². The average Bonchev–Trinajstić information content (AvgIpc) is 3.32. The van der Waals surface area contributed by atoms with E-state index < -0.39 is 0 Å². The van der Waals surface area contributed by atoms with Gasteiger partial charge in [-0.15, -0.1) is 0 Å². The SMILES string of the molecule is CC12CCC(C(=O)N3CCN(C(=O)C45CCC(C)(C4Br)C5(C)C)CC3)(C1Br)C2(C)C. The van der Waals surface area contributed by atoms with Gasteiger partial charge in [-0.2, -0.15) is 0 Å². The summed E-state index contributed by atoms with van der Waals surface area (Å²) in [7, 11) is 0. The predicted molar refractivity (Wildman–Crippen MR) is 126 cm³/mol. The van der Waals surface area contributed by atoms with Crippen LogP contribution in [0.4, 0.5) is 0 Å². The molecule has 1 aliphatic heterocycles. The molecule has 4 bridgehead atoms. The quantitative estimate of drug-likeness (QED) is 0.468. The minimum atomic E-state index is -0.281. The summed E-state index contributed by atoms with van der Waals surface area (Å²) in [6, 6.07) is 0. The molecular weight excluding hydrogens is 508 g/mol. The van der Waals surface area contributed by atoms with Crippen LogP contribution in [-0.4, -0.2) is 57.4 Å². The number of halogens is 2. The fourth-order valence-electron chi connectivity index (χ4n) is 8.53. The Balaban J connectivity index is 1.29. The molecule has 6 saturated carbocycles. The van der Waals surface area contributed by atoms with Gasteiger partial charge in [-0.05, 0) is 47.3 Å². The molecule has 4 nitrogen and oxygen atoms in total. The van der Waals surface area contributed by atoms with Crippen molar-refractivity contribution in [1.29, 1.82) is 0 Å². The normalized spacial score (nSPS) is 50.1. The summed E-state index contributed by atoms with van der Waals surface area (Å²) in [6.45, 7) is 16.4. The highest BCUT2D eigenvalue weighted by atomic mass is 79.9. The number of rotatable bonds is 2. The van der Waals surface area contributed by atoms with Gasteiger partial charge in [0.2, 0.25) is 11.8 Å². The van der Waals surface area contributed by atoms with Gasteiger partial charge in [-0.3, -0.25) is 9.59 Å². The third kappa shape index (κ3) is 1.87. The van der Waals surface area contributed by atoms with E-state index in [1.54, 1.807) is 0 Å². The fraction of sp³-hybridized carbons (Fsp3) is 0.917. The maximum Gasteiger partial charge on any atom is 0.230 e. The second-order valence-corrected chi connectivity index (χ2v) is 14.2. The average molecular weight is 544 g/mol. The number of nitrogens with zero attached hydrogens (tertiary/aromatic N) is 2. The van der Waals surface area contributed by atoms with Crippen LogP contribution in [0, 0.1) is 32.5 Å². The Labute approximate surface area is 198 Å². The lowest BCUT2D eigenvalue weighted by Crippen LogP contribution is -2.72. The number of piperazine rings is 1. The molecule has 30 heavy (non-hydrogen) atoms. The highest BCUT2D eigenvalue weighted by Crippen LogP contribution is 2.81. The largest absolute Gasteiger partial charge is 0.339 e. The van der Waals surface area contributed by atoms with Crippen molar-refractivity contribution >= 4 is 43.7 Å². The summed E-state index contributed by atoms with van der Waals surface area (Å²) < 4.78 is 0. The van der Waals surface area contributed by atoms with Gasteiger partial charge in [0.05, 0.1) is 10.8 Å². The van der Waals surface area contributed by atoms with Gasteiger partial charge in [0.15, 0.2) is 0 Å². The van der Waals surface area contributed by atoms with Crippen LogP contribution in [-0.2, 0) is 9.59 Å². The van der Waals surface area contributed by atoms with E-state index in [0.717, 1.165) is 25.7 Å². The van der Waals surface area contributed by atoms with Crippen LogP contribution in [0.3, 0.4) is 0 Å². The monoisotopic (exact) mass is 542 g/mol. The van der Waals surface area contributed by atoms with Crippen LogP contribution in [0.1, 0.15) is 67.2 Å². The molecule has 1 heterocycles.